The summed E-state index contributed by atoms with van der Waals surface area (Å²) in [5, 5.41) is 0. The molecule has 0 heterocycles. The number of hydrogen-bond acceptors (Lipinski definition) is 2. The molecule has 0 aliphatic heterocycles. The number of rotatable bonds is 4. The maximum atomic E-state index is 11.2. The van der Waals surface area contributed by atoms with E-state index in [1.54, 1.807) is 4.90 Å². The number of amides is 1. The molecule has 3 heteroatoms. The van der Waals surface area contributed by atoms with Gasteiger partial charge in [-0.05, 0) is 19.8 Å². The number of hydrogen-bond donors (Lipinski definition) is 0. The minimum Gasteiger partial charge on any atom is -0.449 e. The second kappa shape index (κ2) is 5.86. The first-order valence-corrected chi connectivity index (χ1v) is 4.53. The van der Waals surface area contributed by atoms with E-state index in [9.17, 15) is 4.79 Å². The number of nitrogens with zero attached hydrogens (tertiary/aromatic N) is 1. The van der Waals surface area contributed by atoms with Crippen LogP contribution in [0.3, 0.4) is 0 Å². The van der Waals surface area contributed by atoms with E-state index in [0.717, 1.165) is 0 Å². The van der Waals surface area contributed by atoms with E-state index in [-0.39, 0.29) is 6.09 Å². The highest BCUT2D eigenvalue weighted by atomic mass is 16.6. The fraction of sp³-hybridized carbons (Fsp3) is 0.889. The number of carbonyl (C=O) groups is 1. The SMILES string of the molecule is CCN(CC)C(=O)OCC(C)C. The Bertz CT molecular complexity index is 130. The lowest BCUT2D eigenvalue weighted by molar-refractivity contribution is 0.0955. The first kappa shape index (κ1) is 11.3. The van der Waals surface area contributed by atoms with Crippen molar-refractivity contribution in [1.29, 1.82) is 0 Å². The van der Waals surface area contributed by atoms with E-state index in [1.165, 1.54) is 0 Å². The van der Waals surface area contributed by atoms with Crippen LogP contribution in [0.2, 0.25) is 0 Å². The summed E-state index contributed by atoms with van der Waals surface area (Å²) in [6, 6.07) is 0. The van der Waals surface area contributed by atoms with E-state index in [4.69, 9.17) is 4.74 Å². The largest absolute Gasteiger partial charge is 0.449 e. The van der Waals surface area contributed by atoms with Gasteiger partial charge < -0.3 is 9.64 Å². The summed E-state index contributed by atoms with van der Waals surface area (Å²) in [6.45, 7) is 9.88. The summed E-state index contributed by atoms with van der Waals surface area (Å²) >= 11 is 0. The zero-order chi connectivity index (χ0) is 9.56. The number of carbonyl (C=O) groups excluding carboxylic acids is 1. The summed E-state index contributed by atoms with van der Waals surface area (Å²) < 4.78 is 5.03. The Hall–Kier alpha value is -0.730. The molecular formula is C9H19NO2. The van der Waals surface area contributed by atoms with Crippen LogP contribution in [-0.2, 0) is 4.74 Å². The molecule has 0 N–H and O–H groups in total. The van der Waals surface area contributed by atoms with Crippen LogP contribution in [0.15, 0.2) is 0 Å². The van der Waals surface area contributed by atoms with Crippen LogP contribution in [0.25, 0.3) is 0 Å². The van der Waals surface area contributed by atoms with Crippen molar-refractivity contribution in [2.45, 2.75) is 27.7 Å². The first-order chi connectivity index (χ1) is 5.61. The Morgan fingerprint density at radius 1 is 1.33 bits per heavy atom. The smallest absolute Gasteiger partial charge is 0.409 e. The molecule has 0 aromatic carbocycles. The molecule has 0 radical (unpaired) electrons. The van der Waals surface area contributed by atoms with Crippen molar-refractivity contribution in [3.8, 4) is 0 Å². The summed E-state index contributed by atoms with van der Waals surface area (Å²) in [6.07, 6.45) is -0.200. The van der Waals surface area contributed by atoms with E-state index in [2.05, 4.69) is 0 Å². The molecule has 0 spiro atoms. The molecule has 1 amide bonds. The van der Waals surface area contributed by atoms with E-state index in [1.807, 2.05) is 27.7 Å². The Morgan fingerprint density at radius 2 is 1.83 bits per heavy atom. The van der Waals surface area contributed by atoms with Crippen LogP contribution in [0, 0.1) is 5.92 Å². The lowest BCUT2D eigenvalue weighted by Crippen LogP contribution is -2.31. The quantitative estimate of drug-likeness (QED) is 0.651. The van der Waals surface area contributed by atoms with Crippen molar-refractivity contribution in [3.05, 3.63) is 0 Å². The summed E-state index contributed by atoms with van der Waals surface area (Å²) in [5.41, 5.74) is 0. The van der Waals surface area contributed by atoms with Crippen LogP contribution in [-0.4, -0.2) is 30.7 Å². The van der Waals surface area contributed by atoms with Crippen molar-refractivity contribution in [2.24, 2.45) is 5.92 Å². The Labute approximate surface area is 74.7 Å². The molecule has 72 valence electrons. The van der Waals surface area contributed by atoms with Crippen molar-refractivity contribution in [2.75, 3.05) is 19.7 Å². The average Bonchev–Trinajstić information content (AvgIpc) is 2.03. The van der Waals surface area contributed by atoms with Gasteiger partial charge in [0.15, 0.2) is 0 Å². The third-order valence-corrected chi connectivity index (χ3v) is 1.56. The molecule has 0 aromatic heterocycles. The molecule has 0 fully saturated rings. The average molecular weight is 173 g/mol. The fourth-order valence-electron chi connectivity index (χ4n) is 0.811. The van der Waals surface area contributed by atoms with Crippen LogP contribution in [0.5, 0.6) is 0 Å². The first-order valence-electron chi connectivity index (χ1n) is 4.53. The standard InChI is InChI=1S/C9H19NO2/c1-5-10(6-2)9(11)12-7-8(3)4/h8H,5-7H2,1-4H3. The van der Waals surface area contributed by atoms with Crippen molar-refractivity contribution >= 4 is 6.09 Å². The minimum absolute atomic E-state index is 0.200. The lowest BCUT2D eigenvalue weighted by Gasteiger charge is -2.18. The van der Waals surface area contributed by atoms with Gasteiger partial charge in [0, 0.05) is 13.1 Å². The van der Waals surface area contributed by atoms with Crippen LogP contribution in [0.4, 0.5) is 4.79 Å². The fourth-order valence-corrected chi connectivity index (χ4v) is 0.811. The maximum absolute atomic E-state index is 11.2. The van der Waals surface area contributed by atoms with Gasteiger partial charge in [0.2, 0.25) is 0 Å². The molecule has 12 heavy (non-hydrogen) atoms. The third-order valence-electron chi connectivity index (χ3n) is 1.56. The van der Waals surface area contributed by atoms with Gasteiger partial charge in [0.1, 0.15) is 0 Å². The van der Waals surface area contributed by atoms with E-state index >= 15 is 0 Å². The molecule has 0 saturated carbocycles. The summed E-state index contributed by atoms with van der Waals surface area (Å²) in [4.78, 5) is 12.9. The molecule has 0 saturated heterocycles. The normalized spacial score (nSPS) is 10.1. The Balaban J connectivity index is 3.69. The highest BCUT2D eigenvalue weighted by Crippen LogP contribution is 1.97. The molecule has 0 aliphatic carbocycles. The van der Waals surface area contributed by atoms with Crippen LogP contribution >= 0.6 is 0 Å². The summed E-state index contributed by atoms with van der Waals surface area (Å²) in [7, 11) is 0. The van der Waals surface area contributed by atoms with Crippen LogP contribution < -0.4 is 0 Å². The summed E-state index contributed by atoms with van der Waals surface area (Å²) in [5.74, 6) is 0.407. The van der Waals surface area contributed by atoms with Gasteiger partial charge in [-0.1, -0.05) is 13.8 Å². The molecule has 0 rings (SSSR count). The minimum atomic E-state index is -0.200. The monoisotopic (exact) mass is 173 g/mol. The highest BCUT2D eigenvalue weighted by molar-refractivity contribution is 5.67. The second-order valence-electron chi connectivity index (χ2n) is 3.14. The molecule has 3 nitrogen and oxygen atoms in total. The van der Waals surface area contributed by atoms with Crippen molar-refractivity contribution < 1.29 is 9.53 Å². The molecule has 0 aliphatic rings. The number of ether oxygens (including phenoxy) is 1. The predicted molar refractivity (Wildman–Crippen MR) is 49.1 cm³/mol. The van der Waals surface area contributed by atoms with Gasteiger partial charge >= 0.3 is 6.09 Å². The molecule has 0 aromatic rings. The Morgan fingerprint density at radius 3 is 2.17 bits per heavy atom. The zero-order valence-electron chi connectivity index (χ0n) is 8.46. The molecule has 0 unspecified atom stereocenters. The lowest BCUT2D eigenvalue weighted by atomic mass is 10.2. The van der Waals surface area contributed by atoms with Crippen LogP contribution in [0.1, 0.15) is 27.7 Å². The topological polar surface area (TPSA) is 29.5 Å². The van der Waals surface area contributed by atoms with Gasteiger partial charge in [-0.25, -0.2) is 4.79 Å². The molecular weight excluding hydrogens is 154 g/mol. The van der Waals surface area contributed by atoms with E-state index < -0.39 is 0 Å². The molecule has 0 bridgehead atoms. The third kappa shape index (κ3) is 4.21. The Kier molecular flexibility index (Phi) is 5.51. The van der Waals surface area contributed by atoms with Crippen molar-refractivity contribution in [1.82, 2.24) is 4.90 Å². The van der Waals surface area contributed by atoms with Gasteiger partial charge in [0.05, 0.1) is 6.61 Å². The van der Waals surface area contributed by atoms with Gasteiger partial charge in [-0.15, -0.1) is 0 Å². The van der Waals surface area contributed by atoms with Gasteiger partial charge in [-0.3, -0.25) is 0 Å². The maximum Gasteiger partial charge on any atom is 0.409 e. The van der Waals surface area contributed by atoms with Gasteiger partial charge in [-0.2, -0.15) is 0 Å². The second-order valence-corrected chi connectivity index (χ2v) is 3.14. The predicted octanol–water partition coefficient (Wildman–Crippen LogP) is 2.12. The van der Waals surface area contributed by atoms with Gasteiger partial charge in [0.25, 0.3) is 0 Å². The van der Waals surface area contributed by atoms with E-state index in [0.29, 0.717) is 25.6 Å². The molecule has 0 atom stereocenters. The highest BCUT2D eigenvalue weighted by Gasteiger charge is 2.10. The zero-order valence-corrected chi connectivity index (χ0v) is 8.46. The van der Waals surface area contributed by atoms with Crippen molar-refractivity contribution in [3.63, 3.8) is 0 Å².